The number of imidazole rings is 1. The van der Waals surface area contributed by atoms with Crippen LogP contribution in [0, 0.1) is 5.82 Å². The van der Waals surface area contributed by atoms with Gasteiger partial charge in [0.25, 0.3) is 0 Å². The lowest BCUT2D eigenvalue weighted by Crippen LogP contribution is -2.04. The van der Waals surface area contributed by atoms with Crippen LogP contribution >= 0.6 is 0 Å². The van der Waals surface area contributed by atoms with E-state index in [2.05, 4.69) is 4.98 Å². The predicted molar refractivity (Wildman–Crippen MR) is 68.5 cm³/mol. The van der Waals surface area contributed by atoms with Gasteiger partial charge in [0.15, 0.2) is 0 Å². The van der Waals surface area contributed by atoms with Gasteiger partial charge in [-0.15, -0.1) is 0 Å². The third-order valence-electron chi connectivity index (χ3n) is 2.95. The van der Waals surface area contributed by atoms with Crippen molar-refractivity contribution in [1.82, 2.24) is 9.38 Å². The second-order valence-corrected chi connectivity index (χ2v) is 4.06. The van der Waals surface area contributed by atoms with Crippen LogP contribution in [0.3, 0.4) is 0 Å². The molecule has 0 bridgehead atoms. The fourth-order valence-electron chi connectivity index (χ4n) is 2.10. The number of halogens is 1. The summed E-state index contributed by atoms with van der Waals surface area (Å²) >= 11 is 0. The van der Waals surface area contributed by atoms with Crippen LogP contribution in [0.25, 0.3) is 16.8 Å². The van der Waals surface area contributed by atoms with Crippen LogP contribution in [0.4, 0.5) is 4.39 Å². The highest BCUT2D eigenvalue weighted by Gasteiger charge is 2.08. The van der Waals surface area contributed by atoms with E-state index in [9.17, 15) is 4.39 Å². The van der Waals surface area contributed by atoms with Gasteiger partial charge < -0.3 is 5.73 Å². The Morgan fingerprint density at radius 3 is 2.61 bits per heavy atom. The van der Waals surface area contributed by atoms with Gasteiger partial charge >= 0.3 is 0 Å². The van der Waals surface area contributed by atoms with Gasteiger partial charge in [-0.25, -0.2) is 9.37 Å². The van der Waals surface area contributed by atoms with E-state index in [1.54, 1.807) is 18.3 Å². The maximum Gasteiger partial charge on any atom is 0.127 e. The first-order valence-corrected chi connectivity index (χ1v) is 5.71. The van der Waals surface area contributed by atoms with E-state index in [0.717, 1.165) is 22.6 Å². The topological polar surface area (TPSA) is 43.3 Å². The van der Waals surface area contributed by atoms with E-state index in [1.807, 2.05) is 22.6 Å². The number of hydrogen-bond acceptors (Lipinski definition) is 2. The predicted octanol–water partition coefficient (Wildman–Crippen LogP) is 2.60. The molecule has 0 unspecified atom stereocenters. The molecule has 0 atom stereocenters. The van der Waals surface area contributed by atoms with Crippen molar-refractivity contribution >= 4 is 5.52 Å². The van der Waals surface area contributed by atoms with E-state index >= 15 is 0 Å². The highest BCUT2D eigenvalue weighted by molar-refractivity contribution is 5.65. The van der Waals surface area contributed by atoms with Crippen LogP contribution in [-0.2, 0) is 6.54 Å². The number of hydrogen-bond donors (Lipinski definition) is 1. The first-order chi connectivity index (χ1) is 8.79. The largest absolute Gasteiger partial charge is 0.324 e. The molecule has 0 fully saturated rings. The number of fused-ring (bicyclic) bond motifs is 1. The van der Waals surface area contributed by atoms with Crippen LogP contribution < -0.4 is 5.73 Å². The maximum absolute atomic E-state index is 13.0. The van der Waals surface area contributed by atoms with Crippen molar-refractivity contribution in [1.29, 1.82) is 0 Å². The molecule has 3 rings (SSSR count). The van der Waals surface area contributed by atoms with Crippen LogP contribution in [0.5, 0.6) is 0 Å². The Morgan fingerprint density at radius 2 is 1.89 bits per heavy atom. The van der Waals surface area contributed by atoms with Crippen LogP contribution in [0.15, 0.2) is 48.7 Å². The first-order valence-electron chi connectivity index (χ1n) is 5.71. The highest BCUT2D eigenvalue weighted by Crippen LogP contribution is 2.22. The summed E-state index contributed by atoms with van der Waals surface area (Å²) in [6.45, 7) is 0.367. The molecule has 0 radical (unpaired) electrons. The van der Waals surface area contributed by atoms with Gasteiger partial charge in [-0.1, -0.05) is 6.07 Å². The second kappa shape index (κ2) is 4.23. The Labute approximate surface area is 104 Å². The van der Waals surface area contributed by atoms with E-state index < -0.39 is 0 Å². The van der Waals surface area contributed by atoms with E-state index in [4.69, 9.17) is 5.73 Å². The van der Waals surface area contributed by atoms with Crippen molar-refractivity contribution in [2.24, 2.45) is 5.73 Å². The molecular weight excluding hydrogens is 229 g/mol. The van der Waals surface area contributed by atoms with E-state index in [-0.39, 0.29) is 5.82 Å². The quantitative estimate of drug-likeness (QED) is 0.749. The zero-order valence-corrected chi connectivity index (χ0v) is 9.68. The molecular formula is C14H12FN3. The zero-order valence-electron chi connectivity index (χ0n) is 9.68. The van der Waals surface area contributed by atoms with Crippen LogP contribution in [-0.4, -0.2) is 9.38 Å². The average molecular weight is 241 g/mol. The first kappa shape index (κ1) is 10.9. The number of nitrogens with two attached hydrogens (primary N) is 1. The molecule has 4 heteroatoms. The lowest BCUT2D eigenvalue weighted by molar-refractivity contribution is 0.628. The Balaban J connectivity index is 2.28. The van der Waals surface area contributed by atoms with Gasteiger partial charge in [0, 0.05) is 0 Å². The summed E-state index contributed by atoms with van der Waals surface area (Å²) in [5.74, 6) is 0.556. The third-order valence-corrected chi connectivity index (χ3v) is 2.95. The van der Waals surface area contributed by atoms with Gasteiger partial charge in [0.1, 0.15) is 11.6 Å². The van der Waals surface area contributed by atoms with Crippen molar-refractivity contribution in [3.63, 3.8) is 0 Å². The Kier molecular flexibility index (Phi) is 2.57. The molecule has 0 amide bonds. The Bertz CT molecular complexity index is 686. The minimum absolute atomic E-state index is 0.240. The smallest absolute Gasteiger partial charge is 0.127 e. The molecule has 90 valence electrons. The standard InChI is InChI=1S/C14H12FN3/c15-11-6-4-10(5-7-11)13-3-1-2-12-9-17-14(8-16)18(12)13/h1-7,9H,8,16H2. The lowest BCUT2D eigenvalue weighted by atomic mass is 10.1. The van der Waals surface area contributed by atoms with Crippen molar-refractivity contribution < 1.29 is 4.39 Å². The van der Waals surface area contributed by atoms with Gasteiger partial charge in [0.2, 0.25) is 0 Å². The fourth-order valence-corrected chi connectivity index (χ4v) is 2.10. The molecule has 0 aliphatic carbocycles. The summed E-state index contributed by atoms with van der Waals surface area (Å²) in [6, 6.07) is 12.3. The second-order valence-electron chi connectivity index (χ2n) is 4.06. The molecule has 2 heterocycles. The number of nitrogens with zero attached hydrogens (tertiary/aromatic N) is 2. The molecule has 2 N–H and O–H groups in total. The van der Waals surface area contributed by atoms with Gasteiger partial charge in [-0.2, -0.15) is 0 Å². The molecule has 3 nitrogen and oxygen atoms in total. The Hall–Kier alpha value is -2.20. The van der Waals surface area contributed by atoms with Crippen molar-refractivity contribution in [2.45, 2.75) is 6.54 Å². The third kappa shape index (κ3) is 1.67. The van der Waals surface area contributed by atoms with E-state index in [0.29, 0.717) is 6.54 Å². The van der Waals surface area contributed by atoms with Crippen molar-refractivity contribution in [2.75, 3.05) is 0 Å². The van der Waals surface area contributed by atoms with Crippen molar-refractivity contribution in [3.05, 3.63) is 60.3 Å². The molecule has 3 aromatic rings. The normalized spacial score (nSPS) is 11.0. The molecule has 0 aliphatic heterocycles. The Morgan fingerprint density at radius 1 is 1.11 bits per heavy atom. The maximum atomic E-state index is 13.0. The number of aromatic nitrogens is 2. The van der Waals surface area contributed by atoms with Crippen LogP contribution in [0.2, 0.25) is 0 Å². The molecule has 0 saturated carbocycles. The summed E-state index contributed by atoms with van der Waals surface area (Å²) in [5.41, 5.74) is 8.57. The average Bonchev–Trinajstić information content (AvgIpc) is 2.82. The molecule has 0 aliphatic rings. The summed E-state index contributed by atoms with van der Waals surface area (Å²) < 4.78 is 15.0. The molecule has 0 saturated heterocycles. The minimum atomic E-state index is -0.240. The van der Waals surface area contributed by atoms with Gasteiger partial charge in [-0.05, 0) is 42.0 Å². The lowest BCUT2D eigenvalue weighted by Gasteiger charge is -2.08. The fraction of sp³-hybridized carbons (Fsp3) is 0.0714. The summed E-state index contributed by atoms with van der Waals surface area (Å²) in [6.07, 6.45) is 1.79. The summed E-state index contributed by atoms with van der Waals surface area (Å²) in [4.78, 5) is 4.28. The van der Waals surface area contributed by atoms with Crippen LogP contribution in [0.1, 0.15) is 5.82 Å². The van der Waals surface area contributed by atoms with E-state index in [1.165, 1.54) is 12.1 Å². The monoisotopic (exact) mass is 241 g/mol. The minimum Gasteiger partial charge on any atom is -0.324 e. The van der Waals surface area contributed by atoms with Crippen molar-refractivity contribution in [3.8, 4) is 11.3 Å². The van der Waals surface area contributed by atoms with Gasteiger partial charge in [-0.3, -0.25) is 4.40 Å². The number of pyridine rings is 1. The SMILES string of the molecule is NCc1ncc2cccc(-c3ccc(F)cc3)n12. The highest BCUT2D eigenvalue weighted by atomic mass is 19.1. The summed E-state index contributed by atoms with van der Waals surface area (Å²) in [5, 5.41) is 0. The molecule has 18 heavy (non-hydrogen) atoms. The molecule has 1 aromatic carbocycles. The number of rotatable bonds is 2. The molecule has 0 spiro atoms. The van der Waals surface area contributed by atoms with Gasteiger partial charge in [0.05, 0.1) is 24.0 Å². The molecule has 2 aromatic heterocycles. The summed E-state index contributed by atoms with van der Waals surface area (Å²) in [7, 11) is 0. The number of benzene rings is 1. The zero-order chi connectivity index (χ0) is 12.5.